The van der Waals surface area contributed by atoms with Gasteiger partial charge in [-0.15, -0.1) is 0 Å². The Kier molecular flexibility index (Phi) is 6.52. The van der Waals surface area contributed by atoms with Crippen molar-refractivity contribution < 1.29 is 14.3 Å². The van der Waals surface area contributed by atoms with E-state index in [1.807, 2.05) is 6.92 Å². The quantitative estimate of drug-likeness (QED) is 0.562. The van der Waals surface area contributed by atoms with Gasteiger partial charge in [0.2, 0.25) is 5.91 Å². The Hall–Kier alpha value is -2.08. The van der Waals surface area contributed by atoms with Crippen molar-refractivity contribution in [3.63, 3.8) is 0 Å². The Labute approximate surface area is 118 Å². The van der Waals surface area contributed by atoms with Crippen LogP contribution in [0.15, 0.2) is 24.3 Å². The fourth-order valence-electron chi connectivity index (χ4n) is 1.50. The first-order valence-electron chi connectivity index (χ1n) is 6.50. The Morgan fingerprint density at radius 3 is 2.55 bits per heavy atom. The molecule has 1 aromatic carbocycles. The van der Waals surface area contributed by atoms with Crippen LogP contribution >= 0.6 is 0 Å². The van der Waals surface area contributed by atoms with E-state index in [9.17, 15) is 9.59 Å². The van der Waals surface area contributed by atoms with Crippen molar-refractivity contribution in [2.24, 2.45) is 0 Å². The molecule has 3 N–H and O–H groups in total. The van der Waals surface area contributed by atoms with Gasteiger partial charge in [-0.1, -0.05) is 0 Å². The molecule has 2 amide bonds. The van der Waals surface area contributed by atoms with Crippen molar-refractivity contribution in [1.29, 1.82) is 0 Å². The molecule has 6 nitrogen and oxygen atoms in total. The van der Waals surface area contributed by atoms with Crippen molar-refractivity contribution >= 4 is 17.5 Å². The van der Waals surface area contributed by atoms with Crippen molar-refractivity contribution in [3.05, 3.63) is 29.8 Å². The molecule has 0 spiro atoms. The van der Waals surface area contributed by atoms with Gasteiger partial charge in [-0.05, 0) is 31.2 Å². The molecule has 20 heavy (non-hydrogen) atoms. The number of hydrogen-bond donors (Lipinski definition) is 2. The zero-order chi connectivity index (χ0) is 15.0. The first-order valence-corrected chi connectivity index (χ1v) is 6.50. The topological polar surface area (TPSA) is 84.7 Å². The second-order valence-corrected chi connectivity index (χ2v) is 4.32. The van der Waals surface area contributed by atoms with Crippen LogP contribution in [0.4, 0.5) is 5.69 Å². The number of rotatable bonds is 7. The normalized spacial score (nSPS) is 10.1. The summed E-state index contributed by atoms with van der Waals surface area (Å²) in [6.07, 6.45) is 0. The molecule has 0 aliphatic carbocycles. The van der Waals surface area contributed by atoms with Crippen LogP contribution in [0.2, 0.25) is 0 Å². The average Bonchev–Trinajstić information content (AvgIpc) is 2.45. The zero-order valence-corrected chi connectivity index (χ0v) is 11.9. The number of anilines is 1. The second-order valence-electron chi connectivity index (χ2n) is 4.32. The van der Waals surface area contributed by atoms with E-state index in [1.54, 1.807) is 31.3 Å². The van der Waals surface area contributed by atoms with Gasteiger partial charge in [-0.3, -0.25) is 9.59 Å². The van der Waals surface area contributed by atoms with E-state index in [4.69, 9.17) is 10.5 Å². The standard InChI is InChI=1S/C14H21N3O3/c1-3-20-9-8-17(2)13(18)10-16-14(19)11-4-6-12(15)7-5-11/h4-7H,3,8-10,15H2,1-2H3,(H,16,19). The predicted octanol–water partition coefficient (Wildman–Crippen LogP) is 0.494. The molecule has 0 aromatic heterocycles. The molecule has 0 saturated carbocycles. The smallest absolute Gasteiger partial charge is 0.251 e. The number of nitrogens with two attached hydrogens (primary N) is 1. The molecule has 0 fully saturated rings. The van der Waals surface area contributed by atoms with Crippen LogP contribution in [0.1, 0.15) is 17.3 Å². The molecule has 0 atom stereocenters. The van der Waals surface area contributed by atoms with E-state index < -0.39 is 0 Å². The SMILES string of the molecule is CCOCCN(C)C(=O)CNC(=O)c1ccc(N)cc1. The molecule has 1 aromatic rings. The monoisotopic (exact) mass is 279 g/mol. The van der Waals surface area contributed by atoms with Gasteiger partial charge in [0.15, 0.2) is 0 Å². The van der Waals surface area contributed by atoms with E-state index in [1.165, 1.54) is 4.90 Å². The van der Waals surface area contributed by atoms with Gasteiger partial charge >= 0.3 is 0 Å². The molecule has 6 heteroatoms. The summed E-state index contributed by atoms with van der Waals surface area (Å²) in [7, 11) is 1.68. The highest BCUT2D eigenvalue weighted by Gasteiger charge is 2.11. The third-order valence-corrected chi connectivity index (χ3v) is 2.77. The number of nitrogens with one attached hydrogen (secondary N) is 1. The molecule has 0 saturated heterocycles. The molecule has 0 aliphatic rings. The summed E-state index contributed by atoms with van der Waals surface area (Å²) in [5.74, 6) is -0.454. The Morgan fingerprint density at radius 2 is 1.95 bits per heavy atom. The van der Waals surface area contributed by atoms with Gasteiger partial charge in [0.25, 0.3) is 5.91 Å². The van der Waals surface area contributed by atoms with Crippen molar-refractivity contribution in [2.45, 2.75) is 6.92 Å². The number of benzene rings is 1. The lowest BCUT2D eigenvalue weighted by Gasteiger charge is -2.17. The van der Waals surface area contributed by atoms with Crippen LogP contribution in [-0.4, -0.2) is 50.1 Å². The van der Waals surface area contributed by atoms with Gasteiger partial charge < -0.3 is 20.7 Å². The van der Waals surface area contributed by atoms with Crippen LogP contribution in [0, 0.1) is 0 Å². The lowest BCUT2D eigenvalue weighted by Crippen LogP contribution is -2.39. The maximum atomic E-state index is 11.8. The van der Waals surface area contributed by atoms with Gasteiger partial charge in [-0.2, -0.15) is 0 Å². The zero-order valence-electron chi connectivity index (χ0n) is 11.9. The van der Waals surface area contributed by atoms with Gasteiger partial charge in [0.1, 0.15) is 0 Å². The molecule has 0 bridgehead atoms. The summed E-state index contributed by atoms with van der Waals surface area (Å²) < 4.78 is 5.17. The number of nitrogen functional groups attached to an aromatic ring is 1. The van der Waals surface area contributed by atoms with Crippen molar-refractivity contribution in [3.8, 4) is 0 Å². The highest BCUT2D eigenvalue weighted by molar-refractivity contribution is 5.96. The number of hydrogen-bond acceptors (Lipinski definition) is 4. The van der Waals surface area contributed by atoms with Crippen LogP contribution in [0.5, 0.6) is 0 Å². The minimum atomic E-state index is -0.295. The second kappa shape index (κ2) is 8.16. The van der Waals surface area contributed by atoms with Gasteiger partial charge in [-0.25, -0.2) is 0 Å². The van der Waals surface area contributed by atoms with Gasteiger partial charge in [0.05, 0.1) is 13.2 Å². The first-order chi connectivity index (χ1) is 9.54. The molecule has 110 valence electrons. The van der Waals surface area contributed by atoms with Crippen LogP contribution in [0.25, 0.3) is 0 Å². The summed E-state index contributed by atoms with van der Waals surface area (Å²) in [6.45, 7) is 3.48. The summed E-state index contributed by atoms with van der Waals surface area (Å²) in [5, 5.41) is 2.58. The molecule has 0 radical (unpaired) electrons. The molecule has 0 heterocycles. The molecular formula is C14H21N3O3. The number of carbonyl (C=O) groups excluding carboxylic acids is 2. The average molecular weight is 279 g/mol. The lowest BCUT2D eigenvalue weighted by atomic mass is 10.2. The Morgan fingerprint density at radius 1 is 1.30 bits per heavy atom. The largest absolute Gasteiger partial charge is 0.399 e. The van der Waals surface area contributed by atoms with E-state index >= 15 is 0 Å². The highest BCUT2D eigenvalue weighted by atomic mass is 16.5. The summed E-state index contributed by atoms with van der Waals surface area (Å²) in [6, 6.07) is 6.53. The number of carbonyl (C=O) groups is 2. The fourth-order valence-corrected chi connectivity index (χ4v) is 1.50. The predicted molar refractivity (Wildman–Crippen MR) is 77.3 cm³/mol. The number of likely N-dealkylation sites (N-methyl/N-ethyl adjacent to an activating group) is 1. The van der Waals surface area contributed by atoms with Crippen LogP contribution in [0.3, 0.4) is 0 Å². The van der Waals surface area contributed by atoms with E-state index in [0.29, 0.717) is 31.0 Å². The minimum Gasteiger partial charge on any atom is -0.399 e. The maximum Gasteiger partial charge on any atom is 0.251 e. The molecule has 1 rings (SSSR count). The van der Waals surface area contributed by atoms with E-state index in [-0.39, 0.29) is 18.4 Å². The Balaban J connectivity index is 2.36. The van der Waals surface area contributed by atoms with E-state index in [2.05, 4.69) is 5.32 Å². The molecule has 0 aliphatic heterocycles. The summed E-state index contributed by atoms with van der Waals surface area (Å²) >= 11 is 0. The fraction of sp³-hybridized carbons (Fsp3) is 0.429. The number of nitrogens with zero attached hydrogens (tertiary/aromatic N) is 1. The minimum absolute atomic E-state index is 0.0359. The molecule has 0 unspecified atom stereocenters. The number of amides is 2. The van der Waals surface area contributed by atoms with Crippen molar-refractivity contribution in [1.82, 2.24) is 10.2 Å². The van der Waals surface area contributed by atoms with Crippen molar-refractivity contribution in [2.75, 3.05) is 39.1 Å². The van der Waals surface area contributed by atoms with Crippen LogP contribution in [-0.2, 0) is 9.53 Å². The molecular weight excluding hydrogens is 258 g/mol. The third-order valence-electron chi connectivity index (χ3n) is 2.77. The van der Waals surface area contributed by atoms with Gasteiger partial charge in [0, 0.05) is 31.5 Å². The summed E-state index contributed by atoms with van der Waals surface area (Å²) in [4.78, 5) is 25.1. The first kappa shape index (κ1) is 16.0. The maximum absolute atomic E-state index is 11.8. The van der Waals surface area contributed by atoms with E-state index in [0.717, 1.165) is 0 Å². The third kappa shape index (κ3) is 5.27. The lowest BCUT2D eigenvalue weighted by molar-refractivity contribution is -0.129. The number of ether oxygens (including phenoxy) is 1. The Bertz CT molecular complexity index is 445. The highest BCUT2D eigenvalue weighted by Crippen LogP contribution is 2.04. The summed E-state index contributed by atoms with van der Waals surface area (Å²) in [5.41, 5.74) is 6.61. The van der Waals surface area contributed by atoms with Crippen LogP contribution < -0.4 is 11.1 Å².